The van der Waals surface area contributed by atoms with E-state index in [2.05, 4.69) is 15.2 Å². The van der Waals surface area contributed by atoms with E-state index in [4.69, 9.17) is 19.8 Å². The average Bonchev–Trinajstić information content (AvgIpc) is 3.28. The number of alkyl halides is 6. The van der Waals surface area contributed by atoms with Crippen molar-refractivity contribution in [1.29, 1.82) is 0 Å². The zero-order chi connectivity index (χ0) is 28.4. The summed E-state index contributed by atoms with van der Waals surface area (Å²) < 4.78 is 65.4. The Morgan fingerprint density at radius 3 is 2.08 bits per heavy atom. The first-order valence-corrected chi connectivity index (χ1v) is 11.5. The Kier molecular flexibility index (Phi) is 11.9. The van der Waals surface area contributed by atoms with Crippen LogP contribution in [0.3, 0.4) is 0 Å². The van der Waals surface area contributed by atoms with Gasteiger partial charge in [0.2, 0.25) is 5.91 Å². The number of aromatic nitrogens is 4. The van der Waals surface area contributed by atoms with Crippen molar-refractivity contribution in [2.75, 3.05) is 12.8 Å². The number of halogens is 6. The minimum Gasteiger partial charge on any atom is -0.475 e. The molecule has 2 heterocycles. The molecule has 0 spiro atoms. The molecule has 208 valence electrons. The summed E-state index contributed by atoms with van der Waals surface area (Å²) in [4.78, 5) is 36.1. The van der Waals surface area contributed by atoms with Gasteiger partial charge >= 0.3 is 24.3 Å². The van der Waals surface area contributed by atoms with Gasteiger partial charge in [-0.1, -0.05) is 18.2 Å². The van der Waals surface area contributed by atoms with Crippen LogP contribution >= 0.6 is 11.8 Å². The number of aryl methyl sites for hydroxylation is 2. The highest BCUT2D eigenvalue weighted by Gasteiger charge is 2.38. The van der Waals surface area contributed by atoms with Gasteiger partial charge in [-0.15, -0.1) is 0 Å². The van der Waals surface area contributed by atoms with Gasteiger partial charge in [0.25, 0.3) is 0 Å². The summed E-state index contributed by atoms with van der Waals surface area (Å²) in [7, 11) is 3.78. The third-order valence-corrected chi connectivity index (χ3v) is 5.83. The highest BCUT2D eigenvalue weighted by atomic mass is 32.2. The summed E-state index contributed by atoms with van der Waals surface area (Å²) >= 11 is 1.47. The number of carbonyl (C=O) groups is 3. The second-order valence-corrected chi connectivity index (χ2v) is 8.60. The number of hydrogen-bond donors (Lipinski definition) is 3. The van der Waals surface area contributed by atoms with Crippen molar-refractivity contribution < 1.29 is 50.9 Å². The van der Waals surface area contributed by atoms with Crippen molar-refractivity contribution in [2.45, 2.75) is 56.2 Å². The topological polar surface area (TPSA) is 141 Å². The summed E-state index contributed by atoms with van der Waals surface area (Å²) in [5, 5.41) is 22.7. The summed E-state index contributed by atoms with van der Waals surface area (Å²) in [5.74, 6) is -5.02. The molecule has 0 unspecified atom stereocenters. The number of imidazole rings is 1. The van der Waals surface area contributed by atoms with Crippen LogP contribution in [0.2, 0.25) is 0 Å². The molecule has 1 aliphatic rings. The molecule has 0 saturated heterocycles. The van der Waals surface area contributed by atoms with Crippen LogP contribution in [0.1, 0.15) is 36.2 Å². The van der Waals surface area contributed by atoms with E-state index in [1.165, 1.54) is 42.3 Å². The van der Waals surface area contributed by atoms with Crippen LogP contribution in [0.15, 0.2) is 17.6 Å². The van der Waals surface area contributed by atoms with Crippen LogP contribution in [-0.4, -0.2) is 77.9 Å². The van der Waals surface area contributed by atoms with Crippen LogP contribution in [0.4, 0.5) is 26.3 Å². The molecule has 1 aliphatic carbocycles. The monoisotopic (exact) mass is 561 g/mol. The van der Waals surface area contributed by atoms with E-state index in [1.807, 2.05) is 24.9 Å². The largest absolute Gasteiger partial charge is 0.490 e. The maximum atomic E-state index is 12.3. The molecule has 17 heteroatoms. The molecule has 0 aromatic carbocycles. The van der Waals surface area contributed by atoms with Gasteiger partial charge < -0.3 is 19.7 Å². The van der Waals surface area contributed by atoms with E-state index >= 15 is 0 Å². The van der Waals surface area contributed by atoms with Crippen LogP contribution in [0.25, 0.3) is 0 Å². The van der Waals surface area contributed by atoms with E-state index in [1.54, 1.807) is 11.1 Å². The number of carbonyl (C=O) groups excluding carboxylic acids is 1. The first-order chi connectivity index (χ1) is 17.0. The number of carboxylic acid groups (broad SMARTS) is 2. The molecule has 37 heavy (non-hydrogen) atoms. The molecule has 10 nitrogen and oxygen atoms in total. The number of hydrogen-bond acceptors (Lipinski definition) is 6. The predicted octanol–water partition coefficient (Wildman–Crippen LogP) is 3.43. The molecule has 0 saturated carbocycles. The predicted molar refractivity (Wildman–Crippen MR) is 118 cm³/mol. The number of fused-ring (bicyclic) bond motifs is 1. The van der Waals surface area contributed by atoms with Crippen molar-refractivity contribution in [3.8, 4) is 0 Å². The van der Waals surface area contributed by atoms with E-state index in [-0.39, 0.29) is 5.91 Å². The van der Waals surface area contributed by atoms with Crippen LogP contribution in [0, 0.1) is 0 Å². The van der Waals surface area contributed by atoms with Crippen molar-refractivity contribution >= 4 is 29.6 Å². The second-order valence-electron chi connectivity index (χ2n) is 7.65. The van der Waals surface area contributed by atoms with Gasteiger partial charge in [-0.25, -0.2) is 14.6 Å². The Hall–Kier alpha value is -3.24. The van der Waals surface area contributed by atoms with Crippen molar-refractivity contribution in [1.82, 2.24) is 24.6 Å². The van der Waals surface area contributed by atoms with E-state index in [0.717, 1.165) is 23.7 Å². The quantitative estimate of drug-likeness (QED) is 0.287. The van der Waals surface area contributed by atoms with Gasteiger partial charge in [0, 0.05) is 32.2 Å². The van der Waals surface area contributed by atoms with Crippen LogP contribution < -0.4 is 0 Å². The SMILES string of the molecule is CN(Cc1n[nH]c2c1CCCCC2)C(=O)CSc1nccn1C.O=C(O)C(F)(F)F.O=C(O)C(F)(F)F. The molecule has 1 amide bonds. The summed E-state index contributed by atoms with van der Waals surface area (Å²) in [6.45, 7) is 0.575. The summed E-state index contributed by atoms with van der Waals surface area (Å²) in [5.41, 5.74) is 3.62. The number of nitrogens with one attached hydrogen (secondary N) is 1. The van der Waals surface area contributed by atoms with Gasteiger partial charge in [0.15, 0.2) is 5.16 Å². The van der Waals surface area contributed by atoms with E-state index in [0.29, 0.717) is 12.3 Å². The lowest BCUT2D eigenvalue weighted by Gasteiger charge is -2.16. The fraction of sp³-hybridized carbons (Fsp3) is 0.550. The number of H-pyrrole nitrogens is 1. The van der Waals surface area contributed by atoms with Crippen molar-refractivity contribution in [2.24, 2.45) is 7.05 Å². The highest BCUT2D eigenvalue weighted by Crippen LogP contribution is 2.23. The van der Waals surface area contributed by atoms with Gasteiger partial charge in [-0.05, 0) is 31.2 Å². The zero-order valence-corrected chi connectivity index (χ0v) is 20.5. The third kappa shape index (κ3) is 11.1. The second kappa shape index (κ2) is 13.9. The van der Waals surface area contributed by atoms with Crippen LogP contribution in [-0.2, 0) is 40.8 Å². The van der Waals surface area contributed by atoms with Gasteiger partial charge in [0.05, 0.1) is 18.0 Å². The number of thioether (sulfide) groups is 1. The van der Waals surface area contributed by atoms with Crippen molar-refractivity contribution in [3.63, 3.8) is 0 Å². The Balaban J connectivity index is 0.000000404. The van der Waals surface area contributed by atoms with Gasteiger partial charge in [-0.3, -0.25) is 9.89 Å². The molecular formula is C20H25F6N5O5S. The lowest BCUT2D eigenvalue weighted by Crippen LogP contribution is -2.28. The molecule has 0 radical (unpaired) electrons. The number of rotatable bonds is 5. The molecule has 2 aromatic heterocycles. The average molecular weight is 562 g/mol. The lowest BCUT2D eigenvalue weighted by atomic mass is 10.1. The maximum absolute atomic E-state index is 12.3. The molecule has 0 bridgehead atoms. The molecule has 0 atom stereocenters. The van der Waals surface area contributed by atoms with Crippen molar-refractivity contribution in [3.05, 3.63) is 29.3 Å². The Labute approximate surface area is 211 Å². The van der Waals surface area contributed by atoms with Gasteiger partial charge in [0.1, 0.15) is 0 Å². The minimum absolute atomic E-state index is 0.100. The molecular weight excluding hydrogens is 536 g/mol. The molecule has 3 rings (SSSR count). The standard InChI is InChI=1S/C16H23N5OS.2C2HF3O2/c1-20-9-8-17-16(20)23-11-15(22)21(2)10-14-12-6-4-3-5-7-13(12)18-19-14;2*3-2(4,5)1(6)7/h8-9H,3-7,10-11H2,1-2H3,(H,18,19);2*(H,6,7). The molecule has 0 aliphatic heterocycles. The number of aliphatic carboxylic acids is 2. The maximum Gasteiger partial charge on any atom is 0.490 e. The Bertz CT molecular complexity index is 1030. The molecule has 2 aromatic rings. The molecule has 0 fully saturated rings. The fourth-order valence-corrected chi connectivity index (χ4v) is 3.77. The number of aromatic amines is 1. The Morgan fingerprint density at radius 1 is 1.05 bits per heavy atom. The first kappa shape index (κ1) is 31.8. The Morgan fingerprint density at radius 2 is 1.59 bits per heavy atom. The molecule has 3 N–H and O–H groups in total. The first-order valence-electron chi connectivity index (χ1n) is 10.5. The number of nitrogens with zero attached hydrogens (tertiary/aromatic N) is 4. The van der Waals surface area contributed by atoms with Crippen LogP contribution in [0.5, 0.6) is 0 Å². The summed E-state index contributed by atoms with van der Waals surface area (Å²) in [6.07, 6.45) is -0.668. The minimum atomic E-state index is -5.08. The van der Waals surface area contributed by atoms with E-state index in [9.17, 15) is 31.1 Å². The summed E-state index contributed by atoms with van der Waals surface area (Å²) in [6, 6.07) is 0. The highest BCUT2D eigenvalue weighted by molar-refractivity contribution is 7.99. The van der Waals surface area contributed by atoms with Gasteiger partial charge in [-0.2, -0.15) is 31.4 Å². The normalized spacial score (nSPS) is 13.2. The van der Waals surface area contributed by atoms with E-state index < -0.39 is 24.3 Å². The fourth-order valence-electron chi connectivity index (χ4n) is 2.90. The third-order valence-electron chi connectivity index (χ3n) is 4.79. The number of carboxylic acids is 2. The smallest absolute Gasteiger partial charge is 0.475 e. The zero-order valence-electron chi connectivity index (χ0n) is 19.7. The number of amides is 1. The lowest BCUT2D eigenvalue weighted by molar-refractivity contribution is -0.193.